The van der Waals surface area contributed by atoms with Crippen LogP contribution in [0.3, 0.4) is 0 Å². The van der Waals surface area contributed by atoms with E-state index >= 15 is 0 Å². The summed E-state index contributed by atoms with van der Waals surface area (Å²) in [4.78, 5) is 12.5. The van der Waals surface area contributed by atoms with Crippen LogP contribution in [0.15, 0.2) is 6.07 Å². The predicted molar refractivity (Wildman–Crippen MR) is 125 cm³/mol. The van der Waals surface area contributed by atoms with Crippen molar-refractivity contribution in [2.24, 2.45) is 5.92 Å². The molecule has 0 heterocycles. The van der Waals surface area contributed by atoms with Gasteiger partial charge in [-0.25, -0.2) is 13.1 Å². The van der Waals surface area contributed by atoms with Crippen molar-refractivity contribution in [2.75, 3.05) is 11.9 Å². The number of hydrogen-bond donors (Lipinski definition) is 3. The van der Waals surface area contributed by atoms with Crippen LogP contribution in [0.2, 0.25) is 0 Å². The van der Waals surface area contributed by atoms with Gasteiger partial charge < -0.3 is 10.6 Å². The van der Waals surface area contributed by atoms with Crippen molar-refractivity contribution in [1.82, 2.24) is 10.0 Å². The Morgan fingerprint density at radius 2 is 1.63 bits per heavy atom. The number of carbonyl (C=O) groups is 1. The zero-order chi connectivity index (χ0) is 22.6. The Morgan fingerprint density at radius 3 is 2.17 bits per heavy atom. The van der Waals surface area contributed by atoms with Crippen molar-refractivity contribution in [3.63, 3.8) is 0 Å². The van der Waals surface area contributed by atoms with Gasteiger partial charge in [-0.15, -0.1) is 0 Å². The van der Waals surface area contributed by atoms with Crippen molar-refractivity contribution < 1.29 is 13.2 Å². The third-order valence-electron chi connectivity index (χ3n) is 6.13. The number of anilines is 1. The molecule has 3 N–H and O–H groups in total. The number of amides is 1. The average molecular weight is 438 g/mol. The molecule has 1 saturated carbocycles. The molecule has 1 fully saturated rings. The third kappa shape index (κ3) is 6.20. The van der Waals surface area contributed by atoms with E-state index < -0.39 is 15.3 Å². The molecule has 0 bridgehead atoms. The Hall–Kier alpha value is -1.60. The highest BCUT2D eigenvalue weighted by Gasteiger charge is 2.26. The van der Waals surface area contributed by atoms with Crippen molar-refractivity contribution in [3.8, 4) is 0 Å². The summed E-state index contributed by atoms with van der Waals surface area (Å²) >= 11 is 0. The summed E-state index contributed by atoms with van der Waals surface area (Å²) in [5.41, 5.74) is 5.04. The monoisotopic (exact) mass is 437 g/mol. The van der Waals surface area contributed by atoms with Crippen LogP contribution in [0.1, 0.15) is 80.4 Å². The maximum Gasteiger partial charge on any atom is 0.251 e. The second kappa shape index (κ2) is 10.1. The van der Waals surface area contributed by atoms with E-state index in [4.69, 9.17) is 0 Å². The van der Waals surface area contributed by atoms with Crippen LogP contribution in [0.25, 0.3) is 0 Å². The first kappa shape index (κ1) is 24.7. The lowest BCUT2D eigenvalue weighted by molar-refractivity contribution is 0.0942. The number of rotatable bonds is 8. The maximum atomic E-state index is 12.5. The smallest absolute Gasteiger partial charge is 0.251 e. The van der Waals surface area contributed by atoms with E-state index in [0.717, 1.165) is 60.2 Å². The molecule has 170 valence electrons. The highest BCUT2D eigenvalue weighted by atomic mass is 32.2. The van der Waals surface area contributed by atoms with E-state index in [1.54, 1.807) is 13.8 Å². The molecule has 0 radical (unpaired) electrons. The van der Waals surface area contributed by atoms with Gasteiger partial charge in [-0.3, -0.25) is 4.79 Å². The van der Waals surface area contributed by atoms with E-state index in [1.807, 2.05) is 33.8 Å². The molecule has 2 rings (SSSR count). The summed E-state index contributed by atoms with van der Waals surface area (Å²) in [7, 11) is -3.20. The fourth-order valence-electron chi connectivity index (χ4n) is 4.03. The van der Waals surface area contributed by atoms with E-state index in [0.29, 0.717) is 5.92 Å². The van der Waals surface area contributed by atoms with Crippen molar-refractivity contribution in [2.45, 2.75) is 91.5 Å². The van der Waals surface area contributed by atoms with Gasteiger partial charge >= 0.3 is 0 Å². The van der Waals surface area contributed by atoms with Crippen LogP contribution < -0.4 is 15.4 Å². The van der Waals surface area contributed by atoms with Gasteiger partial charge in [0.15, 0.2) is 0 Å². The lowest BCUT2D eigenvalue weighted by atomic mass is 9.86. The number of nitrogens with one attached hydrogen (secondary N) is 3. The molecule has 0 aliphatic heterocycles. The summed E-state index contributed by atoms with van der Waals surface area (Å²) in [6.07, 6.45) is 3.77. The van der Waals surface area contributed by atoms with E-state index in [2.05, 4.69) is 22.3 Å². The summed E-state index contributed by atoms with van der Waals surface area (Å²) in [6.45, 7) is 14.3. The zero-order valence-electron chi connectivity index (χ0n) is 19.6. The van der Waals surface area contributed by atoms with Gasteiger partial charge in [0.05, 0.1) is 5.25 Å². The van der Waals surface area contributed by atoms with Gasteiger partial charge in [0.2, 0.25) is 10.0 Å². The molecule has 0 spiro atoms. The average Bonchev–Trinajstić information content (AvgIpc) is 2.64. The minimum absolute atomic E-state index is 0.0255. The van der Waals surface area contributed by atoms with Crippen LogP contribution in [0.4, 0.5) is 5.69 Å². The number of carbonyl (C=O) groups excluding carboxylic acids is 1. The van der Waals surface area contributed by atoms with Crippen molar-refractivity contribution >= 4 is 21.6 Å². The summed E-state index contributed by atoms with van der Waals surface area (Å²) < 4.78 is 27.0. The Kier molecular flexibility index (Phi) is 8.34. The molecule has 0 atom stereocenters. The fourth-order valence-corrected chi connectivity index (χ4v) is 5.00. The minimum atomic E-state index is -3.20. The lowest BCUT2D eigenvalue weighted by Gasteiger charge is -2.30. The van der Waals surface area contributed by atoms with Gasteiger partial charge in [0.1, 0.15) is 0 Å². The van der Waals surface area contributed by atoms with Gasteiger partial charge in [0.25, 0.3) is 5.91 Å². The Labute approximate surface area is 182 Å². The third-order valence-corrected chi connectivity index (χ3v) is 8.03. The van der Waals surface area contributed by atoms with Gasteiger partial charge in [-0.2, -0.15) is 0 Å². The lowest BCUT2D eigenvalue weighted by Crippen LogP contribution is -2.41. The first-order valence-corrected chi connectivity index (χ1v) is 12.6. The Balaban J connectivity index is 1.97. The van der Waals surface area contributed by atoms with Gasteiger partial charge in [0, 0.05) is 29.9 Å². The quantitative estimate of drug-likeness (QED) is 0.573. The molecular weight excluding hydrogens is 398 g/mol. The molecule has 1 aromatic carbocycles. The number of sulfonamides is 1. The van der Waals surface area contributed by atoms with Gasteiger partial charge in [-0.05, 0) is 103 Å². The minimum Gasteiger partial charge on any atom is -0.384 e. The topological polar surface area (TPSA) is 87.3 Å². The molecular formula is C23H39N3O3S. The highest BCUT2D eigenvalue weighted by Crippen LogP contribution is 2.29. The Morgan fingerprint density at radius 1 is 1.03 bits per heavy atom. The second-order valence-corrected chi connectivity index (χ2v) is 11.6. The van der Waals surface area contributed by atoms with Crippen LogP contribution in [0.5, 0.6) is 0 Å². The fraction of sp³-hybridized carbons (Fsp3) is 0.696. The standard InChI is InChI=1S/C23H39N3O3S/c1-14(2)25-23(27)21-12-16(5)22(18(7)17(21)6)24-13-19-8-10-20(11-9-19)26-30(28,29)15(3)4/h12,14-15,19-20,24,26H,8-11,13H2,1-7H3,(H,25,27). The first-order chi connectivity index (χ1) is 13.9. The molecule has 30 heavy (non-hydrogen) atoms. The van der Waals surface area contributed by atoms with E-state index in [-0.39, 0.29) is 18.0 Å². The van der Waals surface area contributed by atoms with E-state index in [1.165, 1.54) is 0 Å². The molecule has 0 saturated heterocycles. The zero-order valence-corrected chi connectivity index (χ0v) is 20.4. The summed E-state index contributed by atoms with van der Waals surface area (Å²) in [5.74, 6) is 0.496. The molecule has 7 heteroatoms. The maximum absolute atomic E-state index is 12.5. The first-order valence-electron chi connectivity index (χ1n) is 11.1. The molecule has 1 aromatic rings. The van der Waals surface area contributed by atoms with E-state index in [9.17, 15) is 13.2 Å². The van der Waals surface area contributed by atoms with Crippen LogP contribution in [-0.4, -0.2) is 38.2 Å². The molecule has 1 aliphatic carbocycles. The molecule has 6 nitrogen and oxygen atoms in total. The normalized spacial score (nSPS) is 19.9. The van der Waals surface area contributed by atoms with Crippen molar-refractivity contribution in [1.29, 1.82) is 0 Å². The van der Waals surface area contributed by atoms with Crippen LogP contribution in [0, 0.1) is 26.7 Å². The molecule has 0 aromatic heterocycles. The van der Waals surface area contributed by atoms with Crippen molar-refractivity contribution in [3.05, 3.63) is 28.3 Å². The molecule has 0 unspecified atom stereocenters. The number of hydrogen-bond acceptors (Lipinski definition) is 4. The number of benzene rings is 1. The Bertz CT molecular complexity index is 855. The van der Waals surface area contributed by atoms with Crippen LogP contribution >= 0.6 is 0 Å². The largest absolute Gasteiger partial charge is 0.384 e. The summed E-state index contributed by atoms with van der Waals surface area (Å²) in [6, 6.07) is 2.13. The highest BCUT2D eigenvalue weighted by molar-refractivity contribution is 7.90. The van der Waals surface area contributed by atoms with Crippen LogP contribution in [-0.2, 0) is 10.0 Å². The second-order valence-electron chi connectivity index (χ2n) is 9.30. The SMILES string of the molecule is Cc1cc(C(=O)NC(C)C)c(C)c(C)c1NCC1CCC(NS(=O)(=O)C(C)C)CC1. The molecule has 1 amide bonds. The predicted octanol–water partition coefficient (Wildman–Crippen LogP) is 4.05. The van der Waals surface area contributed by atoms with Gasteiger partial charge in [-0.1, -0.05) is 0 Å². The summed E-state index contributed by atoms with van der Waals surface area (Å²) in [5, 5.41) is 6.19. The number of aryl methyl sites for hydroxylation is 1. The molecule has 1 aliphatic rings.